The SMILES string of the molecule is CCC[CH2][Sn]([CH2]CCC)([CH2]CCC)[CH](CC/C=C/C(=O)OC)[Sn]([CH2]CCC)([CH2]CCC)[CH2]CCC. The maximum absolute atomic E-state index is 11.8. The van der Waals surface area contributed by atoms with Gasteiger partial charge in [-0.2, -0.15) is 0 Å². The molecule has 208 valence electrons. The van der Waals surface area contributed by atoms with Gasteiger partial charge in [0.15, 0.2) is 0 Å². The topological polar surface area (TPSA) is 26.3 Å². The van der Waals surface area contributed by atoms with Gasteiger partial charge in [0.1, 0.15) is 0 Å². The quantitative estimate of drug-likeness (QED) is 0.0568. The number of methoxy groups -OCH3 is 1. The Balaban J connectivity index is 6.65. The van der Waals surface area contributed by atoms with Crippen LogP contribution in [0.1, 0.15) is 131 Å². The number of allylic oxidation sites excluding steroid dienone is 1. The van der Waals surface area contributed by atoms with Crippen LogP contribution < -0.4 is 0 Å². The number of unbranched alkanes of at least 4 members (excludes halogenated alkanes) is 6. The van der Waals surface area contributed by atoms with E-state index in [0.29, 0.717) is 0 Å². The predicted molar refractivity (Wildman–Crippen MR) is 164 cm³/mol. The van der Waals surface area contributed by atoms with Gasteiger partial charge in [0, 0.05) is 0 Å². The standard InChI is InChI=1S/C7H10O2.6C4H9.2Sn/c1-3-4-5-6-7(8)9-2;6*1-3-4-2;;/h1,5-6H,3-4H2,2H3;6*1,3-4H2,2H3;;/b6-5+;;;;;;;;. The molecule has 0 N–H and O–H groups in total. The van der Waals surface area contributed by atoms with Crippen molar-refractivity contribution in [2.24, 2.45) is 0 Å². The van der Waals surface area contributed by atoms with Crippen LogP contribution in [0.25, 0.3) is 0 Å². The van der Waals surface area contributed by atoms with Crippen LogP contribution in [-0.4, -0.2) is 49.8 Å². The van der Waals surface area contributed by atoms with Crippen LogP contribution >= 0.6 is 0 Å². The summed E-state index contributed by atoms with van der Waals surface area (Å²) in [7, 11) is 1.50. The van der Waals surface area contributed by atoms with E-state index in [-0.39, 0.29) is 5.97 Å². The molecule has 0 spiro atoms. The Labute approximate surface area is 230 Å². The van der Waals surface area contributed by atoms with Gasteiger partial charge in [-0.25, -0.2) is 0 Å². The number of esters is 1. The zero-order valence-electron chi connectivity index (χ0n) is 25.2. The molecule has 0 aliphatic carbocycles. The molecule has 0 amide bonds. The number of carbonyl (C=O) groups is 1. The van der Waals surface area contributed by atoms with Gasteiger partial charge in [0.25, 0.3) is 0 Å². The first-order chi connectivity index (χ1) is 17.0. The van der Waals surface area contributed by atoms with E-state index in [1.165, 1.54) is 90.6 Å². The monoisotopic (exact) mass is 708 g/mol. The van der Waals surface area contributed by atoms with E-state index in [0.717, 1.165) is 8.37 Å². The fourth-order valence-electron chi connectivity index (χ4n) is 6.74. The van der Waals surface area contributed by atoms with Crippen LogP contribution in [0.15, 0.2) is 12.2 Å². The first-order valence-electron chi connectivity index (χ1n) is 15.7. The molecule has 0 saturated carbocycles. The summed E-state index contributed by atoms with van der Waals surface area (Å²) in [6.45, 7) is 14.5. The third kappa shape index (κ3) is 14.0. The summed E-state index contributed by atoms with van der Waals surface area (Å²) in [4.78, 5) is 11.8. The molecule has 0 aliphatic heterocycles. The van der Waals surface area contributed by atoms with Gasteiger partial charge in [-0.05, 0) is 0 Å². The van der Waals surface area contributed by atoms with Crippen molar-refractivity contribution in [3.05, 3.63) is 12.2 Å². The molecule has 0 unspecified atom stereocenters. The summed E-state index contributed by atoms with van der Waals surface area (Å²) in [5.41, 5.74) is 0. The summed E-state index contributed by atoms with van der Waals surface area (Å²) >= 11 is -4.83. The van der Waals surface area contributed by atoms with Gasteiger partial charge >= 0.3 is 232 Å². The van der Waals surface area contributed by atoms with Crippen LogP contribution in [0.2, 0.25) is 28.6 Å². The Bertz CT molecular complexity index is 457. The van der Waals surface area contributed by atoms with Crippen molar-refractivity contribution in [2.45, 2.75) is 160 Å². The van der Waals surface area contributed by atoms with Gasteiger partial charge < -0.3 is 0 Å². The fourth-order valence-corrected chi connectivity index (χ4v) is 84.7. The van der Waals surface area contributed by atoms with Gasteiger partial charge in [0.2, 0.25) is 0 Å². The van der Waals surface area contributed by atoms with Crippen LogP contribution in [0.5, 0.6) is 0 Å². The molecule has 0 aliphatic rings. The molecule has 0 fully saturated rings. The summed E-state index contributed by atoms with van der Waals surface area (Å²) < 4.78 is 16.0. The first-order valence-corrected chi connectivity index (χ1v) is 31.1. The Kier molecular flexibility index (Phi) is 23.3. The molecule has 0 aromatic heterocycles. The van der Waals surface area contributed by atoms with Crippen molar-refractivity contribution in [3.63, 3.8) is 0 Å². The number of rotatable bonds is 24. The predicted octanol–water partition coefficient (Wildman–Crippen LogP) is 11.1. The Morgan fingerprint density at radius 2 is 0.943 bits per heavy atom. The van der Waals surface area contributed by atoms with Gasteiger partial charge in [-0.1, -0.05) is 0 Å². The zero-order chi connectivity index (χ0) is 26.4. The number of hydrogen-bond donors (Lipinski definition) is 0. The number of ether oxygens (including phenoxy) is 1. The summed E-state index contributed by atoms with van der Waals surface area (Å²) in [6.07, 6.45) is 23.5. The Morgan fingerprint density at radius 3 is 1.20 bits per heavy atom. The average molecular weight is 706 g/mol. The van der Waals surface area contributed by atoms with Gasteiger partial charge in [0.05, 0.1) is 0 Å². The Hall–Kier alpha value is 0.807. The zero-order valence-corrected chi connectivity index (χ0v) is 30.9. The van der Waals surface area contributed by atoms with Crippen molar-refractivity contribution in [3.8, 4) is 0 Å². The normalized spacial score (nSPS) is 12.7. The van der Waals surface area contributed by atoms with Crippen LogP contribution in [-0.2, 0) is 9.53 Å². The molecule has 0 bridgehead atoms. The van der Waals surface area contributed by atoms with Crippen LogP contribution in [0, 0.1) is 0 Å². The summed E-state index contributed by atoms with van der Waals surface area (Å²) in [5.74, 6) is -0.183. The average Bonchev–Trinajstić information content (AvgIpc) is 2.88. The molecule has 2 nitrogen and oxygen atoms in total. The fraction of sp³-hybridized carbons (Fsp3) is 0.903. The van der Waals surface area contributed by atoms with E-state index in [2.05, 4.69) is 47.6 Å². The van der Waals surface area contributed by atoms with Crippen LogP contribution in [0.4, 0.5) is 0 Å². The Morgan fingerprint density at radius 1 is 0.629 bits per heavy atom. The van der Waals surface area contributed by atoms with Crippen LogP contribution in [0.3, 0.4) is 0 Å². The van der Waals surface area contributed by atoms with E-state index in [9.17, 15) is 4.79 Å². The van der Waals surface area contributed by atoms with E-state index >= 15 is 0 Å². The molecule has 0 radical (unpaired) electrons. The van der Waals surface area contributed by atoms with Gasteiger partial charge in [-0.3, -0.25) is 0 Å². The number of hydrogen-bond acceptors (Lipinski definition) is 2. The summed E-state index contributed by atoms with van der Waals surface area (Å²) in [6, 6.07) is 0. The second-order valence-electron chi connectivity index (χ2n) is 11.4. The number of carbonyl (C=O) groups excluding carboxylic acids is 1. The van der Waals surface area contributed by atoms with Crippen molar-refractivity contribution in [1.82, 2.24) is 0 Å². The molecule has 4 heteroatoms. The van der Waals surface area contributed by atoms with Crippen molar-refractivity contribution in [2.75, 3.05) is 7.11 Å². The van der Waals surface area contributed by atoms with E-state index in [1.807, 2.05) is 0 Å². The molecule has 0 aromatic carbocycles. The molecular formula is C31H64O2Sn2. The molecule has 0 heterocycles. The molecule has 35 heavy (non-hydrogen) atoms. The molecular weight excluding hydrogens is 642 g/mol. The third-order valence-electron chi connectivity index (χ3n) is 8.72. The van der Waals surface area contributed by atoms with E-state index in [1.54, 1.807) is 32.7 Å². The second-order valence-corrected chi connectivity index (χ2v) is 44.2. The molecule has 0 saturated heterocycles. The van der Waals surface area contributed by atoms with Crippen molar-refractivity contribution >= 4 is 42.7 Å². The van der Waals surface area contributed by atoms with E-state index in [4.69, 9.17) is 4.74 Å². The third-order valence-corrected chi connectivity index (χ3v) is 65.4. The minimum absolute atomic E-state index is 0.183. The minimum atomic E-state index is -2.41. The molecule has 0 atom stereocenters. The maximum atomic E-state index is 11.8. The molecule has 0 rings (SSSR count). The van der Waals surface area contributed by atoms with Gasteiger partial charge in [-0.15, -0.1) is 0 Å². The second kappa shape index (κ2) is 22.8. The van der Waals surface area contributed by atoms with Crippen molar-refractivity contribution in [1.29, 1.82) is 0 Å². The van der Waals surface area contributed by atoms with E-state index < -0.39 is 36.8 Å². The first kappa shape index (κ1) is 35.8. The molecule has 0 aromatic rings. The van der Waals surface area contributed by atoms with Crippen molar-refractivity contribution < 1.29 is 9.53 Å². The summed E-state index contributed by atoms with van der Waals surface area (Å²) in [5, 5.41) is 0.